The summed E-state index contributed by atoms with van der Waals surface area (Å²) in [5, 5.41) is 21.1. The topological polar surface area (TPSA) is 133 Å². The number of nitrogens with one attached hydrogen (secondary N) is 1. The van der Waals surface area contributed by atoms with Crippen molar-refractivity contribution >= 4 is 29.0 Å². The van der Waals surface area contributed by atoms with Crippen molar-refractivity contribution in [1.82, 2.24) is 19.9 Å². The number of hydrogen-bond acceptors (Lipinski definition) is 6. The molecule has 0 aliphatic carbocycles. The van der Waals surface area contributed by atoms with Gasteiger partial charge in [0.25, 0.3) is 5.69 Å². The number of hydroxylamine groups is 2. The number of imidazole rings is 1. The molecule has 29 heavy (non-hydrogen) atoms. The van der Waals surface area contributed by atoms with Crippen molar-refractivity contribution in [1.29, 1.82) is 0 Å². The van der Waals surface area contributed by atoms with E-state index in [0.717, 1.165) is 25.7 Å². The van der Waals surface area contributed by atoms with Gasteiger partial charge in [0.15, 0.2) is 0 Å². The quantitative estimate of drug-likeness (QED) is 0.286. The van der Waals surface area contributed by atoms with Gasteiger partial charge in [0.2, 0.25) is 12.3 Å². The minimum Gasteiger partial charge on any atom is -0.340 e. The Morgan fingerprint density at radius 2 is 2.34 bits per heavy atom. The monoisotopic (exact) mass is 403 g/mol. The highest BCUT2D eigenvalue weighted by atomic mass is 16.6. The van der Waals surface area contributed by atoms with Gasteiger partial charge >= 0.3 is 0 Å². The number of nitro groups is 1. The second-order valence-corrected chi connectivity index (χ2v) is 7.34. The Balaban J connectivity index is 1.83. The number of unbranched alkanes of at least 4 members (excludes halogenated alkanes) is 1. The molecule has 1 fully saturated rings. The largest absolute Gasteiger partial charge is 0.340 e. The Bertz CT molecular complexity index is 898. The fourth-order valence-electron chi connectivity index (χ4n) is 3.85. The van der Waals surface area contributed by atoms with Gasteiger partial charge in [-0.3, -0.25) is 24.9 Å². The molecule has 2 N–H and O–H groups in total. The fourth-order valence-corrected chi connectivity index (χ4v) is 3.85. The second-order valence-electron chi connectivity index (χ2n) is 7.34. The van der Waals surface area contributed by atoms with Gasteiger partial charge in [-0.1, -0.05) is 19.8 Å². The van der Waals surface area contributed by atoms with Gasteiger partial charge in [-0.2, -0.15) is 0 Å². The summed E-state index contributed by atoms with van der Waals surface area (Å²) in [6, 6.07) is 4.17. The molecular formula is C19H25N5O5. The smallest absolute Gasteiger partial charge is 0.271 e. The van der Waals surface area contributed by atoms with Gasteiger partial charge < -0.3 is 9.88 Å². The maximum absolute atomic E-state index is 13.2. The number of non-ortho nitro benzene ring substituents is 1. The Hall–Kier alpha value is -3.01. The molecule has 2 amide bonds. The molecule has 2 heterocycles. The predicted molar refractivity (Wildman–Crippen MR) is 104 cm³/mol. The Labute approximate surface area is 167 Å². The minimum absolute atomic E-state index is 0.0245. The molecule has 2 unspecified atom stereocenters. The van der Waals surface area contributed by atoms with E-state index in [9.17, 15) is 24.9 Å². The molecule has 0 spiro atoms. The van der Waals surface area contributed by atoms with Crippen LogP contribution in [0.1, 0.15) is 50.9 Å². The average Bonchev–Trinajstić information content (AvgIpc) is 3.36. The molecule has 2 aromatic rings. The van der Waals surface area contributed by atoms with E-state index in [4.69, 9.17) is 0 Å². The van der Waals surface area contributed by atoms with Crippen LogP contribution in [0, 0.1) is 16.0 Å². The number of aromatic amines is 1. The number of nitro benzene ring substituents is 1. The summed E-state index contributed by atoms with van der Waals surface area (Å²) in [4.78, 5) is 43.9. The normalized spacial score (nSPS) is 17.4. The van der Waals surface area contributed by atoms with Gasteiger partial charge in [0.05, 0.1) is 34.5 Å². The maximum atomic E-state index is 13.2. The molecule has 2 atom stereocenters. The van der Waals surface area contributed by atoms with Crippen molar-refractivity contribution in [3.8, 4) is 0 Å². The van der Waals surface area contributed by atoms with Crippen LogP contribution in [0.25, 0.3) is 11.0 Å². The molecule has 0 saturated carbocycles. The summed E-state index contributed by atoms with van der Waals surface area (Å²) in [6.07, 6.45) is 4.14. The number of hydrogen-bond donors (Lipinski definition) is 2. The van der Waals surface area contributed by atoms with E-state index < -0.39 is 10.8 Å². The number of benzene rings is 1. The molecule has 156 valence electrons. The average molecular weight is 403 g/mol. The highest BCUT2D eigenvalue weighted by Crippen LogP contribution is 2.34. The minimum atomic E-state index is -0.490. The molecule has 0 radical (unpaired) electrons. The summed E-state index contributed by atoms with van der Waals surface area (Å²) in [7, 11) is 0. The predicted octanol–water partition coefficient (Wildman–Crippen LogP) is 2.79. The summed E-state index contributed by atoms with van der Waals surface area (Å²) >= 11 is 0. The molecule has 3 rings (SSSR count). The van der Waals surface area contributed by atoms with Crippen LogP contribution in [-0.4, -0.2) is 55.5 Å². The van der Waals surface area contributed by atoms with Crippen molar-refractivity contribution < 1.29 is 19.7 Å². The number of amides is 2. The van der Waals surface area contributed by atoms with Gasteiger partial charge in [-0.05, 0) is 25.3 Å². The Morgan fingerprint density at radius 3 is 3.03 bits per heavy atom. The number of likely N-dealkylation sites (tertiary alicyclic amines) is 1. The highest BCUT2D eigenvalue weighted by molar-refractivity contribution is 5.81. The third kappa shape index (κ3) is 4.53. The van der Waals surface area contributed by atoms with E-state index in [1.807, 2.05) is 6.92 Å². The molecule has 1 aromatic carbocycles. The first-order valence-corrected chi connectivity index (χ1v) is 9.80. The number of carbonyl (C=O) groups is 2. The van der Waals surface area contributed by atoms with Gasteiger partial charge in [0, 0.05) is 18.7 Å². The molecule has 0 bridgehead atoms. The second kappa shape index (κ2) is 8.99. The zero-order chi connectivity index (χ0) is 21.0. The van der Waals surface area contributed by atoms with Crippen molar-refractivity contribution in [2.24, 2.45) is 5.92 Å². The third-order valence-electron chi connectivity index (χ3n) is 5.33. The van der Waals surface area contributed by atoms with Crippen molar-refractivity contribution in [3.63, 3.8) is 0 Å². The number of fused-ring (bicyclic) bond motifs is 1. The summed E-state index contributed by atoms with van der Waals surface area (Å²) in [5.74, 6) is -0.0127. The standard InChI is InChI=1S/C19H25N5O5/c1-2-3-5-13(11-22(27)12-25)19(26)23-9-4-6-17(23)18-20-15-8-7-14(24(28)29)10-16(15)21-18/h7-8,10,12-13,17,27H,2-6,9,11H2,1H3,(H,20,21). The number of aromatic nitrogens is 2. The molecule has 1 aliphatic heterocycles. The lowest BCUT2D eigenvalue weighted by Crippen LogP contribution is -2.40. The van der Waals surface area contributed by atoms with Gasteiger partial charge in [-0.15, -0.1) is 0 Å². The van der Waals surface area contributed by atoms with E-state index in [1.165, 1.54) is 12.1 Å². The van der Waals surface area contributed by atoms with Crippen molar-refractivity contribution in [2.45, 2.75) is 45.1 Å². The Kier molecular flexibility index (Phi) is 6.42. The molecule has 1 saturated heterocycles. The van der Waals surface area contributed by atoms with Crippen LogP contribution >= 0.6 is 0 Å². The van der Waals surface area contributed by atoms with E-state index in [1.54, 1.807) is 11.0 Å². The van der Waals surface area contributed by atoms with Crippen LogP contribution in [0.15, 0.2) is 18.2 Å². The van der Waals surface area contributed by atoms with Gasteiger partial charge in [0.1, 0.15) is 5.82 Å². The summed E-state index contributed by atoms with van der Waals surface area (Å²) in [5.41, 5.74) is 1.14. The lowest BCUT2D eigenvalue weighted by atomic mass is 9.99. The first kappa shape index (κ1) is 20.7. The highest BCUT2D eigenvalue weighted by Gasteiger charge is 2.36. The lowest BCUT2D eigenvalue weighted by molar-refractivity contribution is -0.384. The fraction of sp³-hybridized carbons (Fsp3) is 0.526. The van der Waals surface area contributed by atoms with Gasteiger partial charge in [-0.25, -0.2) is 10.0 Å². The number of H-pyrrole nitrogens is 1. The van der Waals surface area contributed by atoms with Crippen LogP contribution in [0.3, 0.4) is 0 Å². The molecule has 1 aliphatic rings. The number of rotatable bonds is 9. The zero-order valence-corrected chi connectivity index (χ0v) is 16.3. The lowest BCUT2D eigenvalue weighted by Gasteiger charge is -2.29. The van der Waals surface area contributed by atoms with Crippen LogP contribution in [0.2, 0.25) is 0 Å². The zero-order valence-electron chi connectivity index (χ0n) is 16.3. The van der Waals surface area contributed by atoms with Crippen molar-refractivity contribution in [2.75, 3.05) is 13.1 Å². The molecular weight excluding hydrogens is 378 g/mol. The molecule has 10 nitrogen and oxygen atoms in total. The summed E-state index contributed by atoms with van der Waals surface area (Å²) in [6.45, 7) is 2.54. The van der Waals surface area contributed by atoms with Crippen LogP contribution < -0.4 is 0 Å². The third-order valence-corrected chi connectivity index (χ3v) is 5.33. The van der Waals surface area contributed by atoms with Crippen LogP contribution in [0.4, 0.5) is 5.69 Å². The van der Waals surface area contributed by atoms with Crippen molar-refractivity contribution in [3.05, 3.63) is 34.1 Å². The Morgan fingerprint density at radius 1 is 1.55 bits per heavy atom. The maximum Gasteiger partial charge on any atom is 0.271 e. The summed E-state index contributed by atoms with van der Waals surface area (Å²) < 4.78 is 0. The van der Waals surface area contributed by atoms with Crippen LogP contribution in [-0.2, 0) is 9.59 Å². The van der Waals surface area contributed by atoms with Crippen LogP contribution in [0.5, 0.6) is 0 Å². The SMILES string of the molecule is CCCCC(CN(O)C=O)C(=O)N1CCCC1c1nc2ccc([N+](=O)[O-])cc2[nH]1. The number of nitrogens with zero attached hydrogens (tertiary/aromatic N) is 4. The van der Waals surface area contributed by atoms with E-state index in [2.05, 4.69) is 9.97 Å². The molecule has 10 heteroatoms. The first-order valence-electron chi connectivity index (χ1n) is 9.80. The van der Waals surface area contributed by atoms with E-state index >= 15 is 0 Å². The number of carbonyl (C=O) groups excluding carboxylic acids is 2. The molecule has 1 aromatic heterocycles. The van der Waals surface area contributed by atoms with E-state index in [-0.39, 0.29) is 24.2 Å². The first-order chi connectivity index (χ1) is 13.9. The van der Waals surface area contributed by atoms with E-state index in [0.29, 0.717) is 41.3 Å².